The first-order valence-corrected chi connectivity index (χ1v) is 8.19. The van der Waals surface area contributed by atoms with Crippen LogP contribution in [0.25, 0.3) is 0 Å². The molecule has 0 spiro atoms. The van der Waals surface area contributed by atoms with Crippen molar-refractivity contribution in [3.8, 4) is 0 Å². The van der Waals surface area contributed by atoms with E-state index in [1.54, 1.807) is 0 Å². The van der Waals surface area contributed by atoms with Gasteiger partial charge in [0.25, 0.3) is 33.7 Å². The number of carbonyl (C=O) groups excluding carboxylic acids is 5. The minimum absolute atomic E-state index is 0.133. The average molecular weight is 360 g/mol. The number of hydrogen-bond acceptors (Lipinski definition) is 8. The molecule has 12 heteroatoms. The van der Waals surface area contributed by atoms with Gasteiger partial charge in [0, 0.05) is 31.5 Å². The predicted molar refractivity (Wildman–Crippen MR) is 73.0 cm³/mol. The Morgan fingerprint density at radius 1 is 1.12 bits per heavy atom. The summed E-state index contributed by atoms with van der Waals surface area (Å²) in [6.07, 6.45) is 0.888. The maximum atomic E-state index is 11.9. The fourth-order valence-corrected chi connectivity index (χ4v) is 2.78. The molecule has 2 aliphatic heterocycles. The fraction of sp³-hybridized carbons (Fsp3) is 0.417. The monoisotopic (exact) mass is 360 g/mol. The highest BCUT2D eigenvalue weighted by Gasteiger charge is 2.40. The van der Waals surface area contributed by atoms with Crippen LogP contribution >= 0.6 is 0 Å². The maximum Gasteiger partial charge on any atom is 0.353 e. The number of imide groups is 2. The van der Waals surface area contributed by atoms with Crippen LogP contribution in [0.4, 0.5) is 0 Å². The molecule has 4 amide bonds. The number of carbonyl (C=O) groups is 5. The first-order chi connectivity index (χ1) is 11.1. The van der Waals surface area contributed by atoms with Gasteiger partial charge in [-0.15, -0.1) is 5.06 Å². The van der Waals surface area contributed by atoms with Gasteiger partial charge in [-0.1, -0.05) is 0 Å². The van der Waals surface area contributed by atoms with Crippen molar-refractivity contribution in [2.24, 2.45) is 0 Å². The average Bonchev–Trinajstić information content (AvgIpc) is 2.95. The van der Waals surface area contributed by atoms with Crippen molar-refractivity contribution in [1.82, 2.24) is 9.96 Å². The van der Waals surface area contributed by atoms with Crippen LogP contribution in [0.2, 0.25) is 0 Å². The third-order valence-corrected chi connectivity index (χ3v) is 4.47. The molecule has 1 fully saturated rings. The summed E-state index contributed by atoms with van der Waals surface area (Å²) in [4.78, 5) is 62.5. The lowest BCUT2D eigenvalue weighted by atomic mass is 10.3. The second-order valence-corrected chi connectivity index (χ2v) is 6.54. The quantitative estimate of drug-likeness (QED) is 0.425. The van der Waals surface area contributed by atoms with Crippen LogP contribution in [0, 0.1) is 0 Å². The van der Waals surface area contributed by atoms with Gasteiger partial charge < -0.3 is 4.84 Å². The molecule has 1 unspecified atom stereocenters. The lowest BCUT2D eigenvalue weighted by Gasteiger charge is -2.19. The molecule has 0 radical (unpaired) electrons. The SMILES string of the molecule is O=C(ON1C(=O)CCC1=O)C(CCN1C(=O)C=CC1=O)S(=O)(=O)O. The summed E-state index contributed by atoms with van der Waals surface area (Å²) in [6.45, 7) is -0.480. The molecule has 0 aromatic carbocycles. The standard InChI is InChI=1S/C12H12N2O9S/c15-8-1-2-9(16)13(8)6-5-7(24(20,21)22)12(19)23-14-10(17)3-4-11(14)18/h1-2,7H,3-6H2,(H,20,21,22). The number of nitrogens with zero attached hydrogens (tertiary/aromatic N) is 2. The summed E-state index contributed by atoms with van der Waals surface area (Å²) in [5.41, 5.74) is 0. The molecule has 1 atom stereocenters. The minimum atomic E-state index is -4.96. The van der Waals surface area contributed by atoms with Crippen LogP contribution in [0.15, 0.2) is 12.2 Å². The molecule has 0 aromatic rings. The number of hydrogen-bond donors (Lipinski definition) is 1. The van der Waals surface area contributed by atoms with Crippen LogP contribution in [-0.2, 0) is 38.9 Å². The summed E-state index contributed by atoms with van der Waals surface area (Å²) in [7, 11) is -4.96. The molecule has 1 saturated heterocycles. The smallest absolute Gasteiger partial charge is 0.329 e. The summed E-state index contributed by atoms with van der Waals surface area (Å²) in [6, 6.07) is 0. The van der Waals surface area contributed by atoms with Crippen LogP contribution in [-0.4, -0.2) is 64.3 Å². The van der Waals surface area contributed by atoms with Gasteiger partial charge in [-0.3, -0.25) is 28.6 Å². The molecule has 130 valence electrons. The van der Waals surface area contributed by atoms with Gasteiger partial charge >= 0.3 is 5.97 Å². The first-order valence-electron chi connectivity index (χ1n) is 6.68. The van der Waals surface area contributed by atoms with Crippen molar-refractivity contribution in [1.29, 1.82) is 0 Å². The van der Waals surface area contributed by atoms with Crippen molar-refractivity contribution in [3.63, 3.8) is 0 Å². The van der Waals surface area contributed by atoms with Crippen LogP contribution in [0.5, 0.6) is 0 Å². The zero-order valence-electron chi connectivity index (χ0n) is 12.1. The molecule has 0 aliphatic carbocycles. The Morgan fingerprint density at radius 2 is 1.62 bits per heavy atom. The topological polar surface area (TPSA) is 155 Å². The molecule has 0 aromatic heterocycles. The summed E-state index contributed by atoms with van der Waals surface area (Å²) in [5, 5.41) is -2.03. The van der Waals surface area contributed by atoms with E-state index in [-0.39, 0.29) is 17.9 Å². The molecular formula is C12H12N2O9S. The van der Waals surface area contributed by atoms with Crippen molar-refractivity contribution in [2.45, 2.75) is 24.5 Å². The molecule has 0 saturated carbocycles. The maximum absolute atomic E-state index is 11.9. The van der Waals surface area contributed by atoms with Crippen molar-refractivity contribution in [3.05, 3.63) is 12.2 Å². The van der Waals surface area contributed by atoms with Gasteiger partial charge in [-0.05, 0) is 6.42 Å². The Kier molecular flexibility index (Phi) is 4.80. The number of rotatable bonds is 6. The van der Waals surface area contributed by atoms with Gasteiger partial charge in [0.1, 0.15) is 0 Å². The number of hydroxylamine groups is 2. The Bertz CT molecular complexity index is 720. The van der Waals surface area contributed by atoms with Crippen LogP contribution < -0.4 is 0 Å². The summed E-state index contributed by atoms with van der Waals surface area (Å²) >= 11 is 0. The van der Waals surface area contributed by atoms with E-state index in [4.69, 9.17) is 4.55 Å². The molecule has 2 rings (SSSR count). The molecular weight excluding hydrogens is 348 g/mol. The largest absolute Gasteiger partial charge is 0.353 e. The van der Waals surface area contributed by atoms with E-state index in [0.717, 1.165) is 12.2 Å². The lowest BCUT2D eigenvalue weighted by molar-refractivity contribution is -0.197. The van der Waals surface area contributed by atoms with Gasteiger partial charge in [-0.25, -0.2) is 4.79 Å². The fourth-order valence-electron chi connectivity index (χ4n) is 2.09. The zero-order chi connectivity index (χ0) is 18.1. The molecule has 2 aliphatic rings. The molecule has 0 bridgehead atoms. The van der Waals surface area contributed by atoms with E-state index in [2.05, 4.69) is 4.84 Å². The third-order valence-electron chi connectivity index (χ3n) is 3.32. The van der Waals surface area contributed by atoms with E-state index >= 15 is 0 Å². The van der Waals surface area contributed by atoms with E-state index in [1.165, 1.54) is 0 Å². The molecule has 11 nitrogen and oxygen atoms in total. The van der Waals surface area contributed by atoms with Crippen molar-refractivity contribution >= 4 is 39.7 Å². The zero-order valence-corrected chi connectivity index (χ0v) is 12.9. The van der Waals surface area contributed by atoms with Crippen molar-refractivity contribution < 1.29 is 41.8 Å². The number of amides is 4. The van der Waals surface area contributed by atoms with Gasteiger partial charge in [-0.2, -0.15) is 8.42 Å². The molecule has 1 N–H and O–H groups in total. The van der Waals surface area contributed by atoms with E-state index in [0.29, 0.717) is 4.90 Å². The van der Waals surface area contributed by atoms with Crippen LogP contribution in [0.3, 0.4) is 0 Å². The summed E-state index contributed by atoms with van der Waals surface area (Å²) < 4.78 is 31.8. The highest BCUT2D eigenvalue weighted by atomic mass is 32.2. The van der Waals surface area contributed by atoms with E-state index in [9.17, 15) is 32.4 Å². The van der Waals surface area contributed by atoms with Gasteiger partial charge in [0.05, 0.1) is 0 Å². The molecule has 2 heterocycles. The van der Waals surface area contributed by atoms with E-state index < -0.39 is 57.9 Å². The Morgan fingerprint density at radius 3 is 2.08 bits per heavy atom. The van der Waals surface area contributed by atoms with Crippen LogP contribution in [0.1, 0.15) is 19.3 Å². The Hall–Kier alpha value is -2.60. The Balaban J connectivity index is 2.07. The molecule has 24 heavy (non-hydrogen) atoms. The minimum Gasteiger partial charge on any atom is -0.329 e. The van der Waals surface area contributed by atoms with Crippen molar-refractivity contribution in [2.75, 3.05) is 6.54 Å². The summed E-state index contributed by atoms with van der Waals surface area (Å²) in [5.74, 6) is -4.61. The predicted octanol–water partition coefficient (Wildman–Crippen LogP) is -1.83. The second-order valence-electron chi connectivity index (χ2n) is 4.95. The third kappa shape index (κ3) is 3.65. The highest BCUT2D eigenvalue weighted by molar-refractivity contribution is 7.87. The second kappa shape index (κ2) is 6.49. The normalized spacial score (nSPS) is 19.4. The lowest BCUT2D eigenvalue weighted by Crippen LogP contribution is -2.42. The van der Waals surface area contributed by atoms with E-state index in [1.807, 2.05) is 0 Å². The van der Waals surface area contributed by atoms with Gasteiger partial charge in [0.15, 0.2) is 5.25 Å². The Labute approximate surface area is 135 Å². The van der Waals surface area contributed by atoms with Gasteiger partial charge in [0.2, 0.25) is 0 Å². The highest BCUT2D eigenvalue weighted by Crippen LogP contribution is 2.16. The first kappa shape index (κ1) is 17.7.